The molecule has 0 aliphatic rings. The average molecular weight is 264 g/mol. The highest BCUT2D eigenvalue weighted by molar-refractivity contribution is 5.73. The zero-order valence-electron chi connectivity index (χ0n) is 11.9. The maximum Gasteiger partial charge on any atom is 0.314 e. The second kappa shape index (κ2) is 9.39. The summed E-state index contributed by atoms with van der Waals surface area (Å²) in [6.45, 7) is 3.90. The van der Waals surface area contributed by atoms with Crippen molar-refractivity contribution < 1.29 is 9.53 Å². The first-order valence-electron chi connectivity index (χ1n) is 6.78. The maximum absolute atomic E-state index is 11.3. The molecule has 0 aliphatic heterocycles. The number of benzene rings is 1. The molecule has 0 unspecified atom stereocenters. The van der Waals surface area contributed by atoms with Gasteiger partial charge in [0, 0.05) is 20.2 Å². The van der Waals surface area contributed by atoms with Crippen LogP contribution in [0.5, 0.6) is 0 Å². The highest BCUT2D eigenvalue weighted by Gasteiger charge is 1.98. The minimum atomic E-state index is -0.118. The van der Waals surface area contributed by atoms with Crippen molar-refractivity contribution in [2.45, 2.75) is 26.2 Å². The van der Waals surface area contributed by atoms with Gasteiger partial charge in [0.1, 0.15) is 0 Å². The topological polar surface area (TPSA) is 50.4 Å². The van der Waals surface area contributed by atoms with Crippen LogP contribution in [0.3, 0.4) is 0 Å². The Kier molecular flexibility index (Phi) is 7.66. The minimum Gasteiger partial charge on any atom is -0.383 e. The zero-order chi connectivity index (χ0) is 13.9. The van der Waals surface area contributed by atoms with Crippen LogP contribution in [-0.4, -0.2) is 32.8 Å². The SMILES string of the molecule is COCCNC(=O)NCCCCc1ccc(C)cc1. The van der Waals surface area contributed by atoms with Crippen molar-refractivity contribution in [2.24, 2.45) is 0 Å². The number of methoxy groups -OCH3 is 1. The summed E-state index contributed by atoms with van der Waals surface area (Å²) >= 11 is 0. The third kappa shape index (κ3) is 7.47. The molecule has 0 saturated heterocycles. The molecule has 0 aliphatic carbocycles. The monoisotopic (exact) mass is 264 g/mol. The number of ether oxygens (including phenoxy) is 1. The predicted molar refractivity (Wildman–Crippen MR) is 77.4 cm³/mol. The molecule has 106 valence electrons. The van der Waals surface area contributed by atoms with Crippen molar-refractivity contribution in [3.63, 3.8) is 0 Å². The summed E-state index contributed by atoms with van der Waals surface area (Å²) in [6, 6.07) is 8.49. The van der Waals surface area contributed by atoms with Gasteiger partial charge in [0.05, 0.1) is 6.61 Å². The van der Waals surface area contributed by atoms with Crippen molar-refractivity contribution >= 4 is 6.03 Å². The Morgan fingerprint density at radius 2 is 1.79 bits per heavy atom. The molecular weight excluding hydrogens is 240 g/mol. The van der Waals surface area contributed by atoms with Crippen molar-refractivity contribution in [2.75, 3.05) is 26.8 Å². The van der Waals surface area contributed by atoms with E-state index in [1.165, 1.54) is 11.1 Å². The van der Waals surface area contributed by atoms with Gasteiger partial charge in [0.2, 0.25) is 0 Å². The molecule has 0 fully saturated rings. The van der Waals surface area contributed by atoms with E-state index in [2.05, 4.69) is 41.8 Å². The van der Waals surface area contributed by atoms with Gasteiger partial charge >= 0.3 is 6.03 Å². The van der Waals surface area contributed by atoms with Gasteiger partial charge in [-0.2, -0.15) is 0 Å². The van der Waals surface area contributed by atoms with Gasteiger partial charge in [0.15, 0.2) is 0 Å². The van der Waals surface area contributed by atoms with Crippen molar-refractivity contribution in [1.82, 2.24) is 10.6 Å². The highest BCUT2D eigenvalue weighted by atomic mass is 16.5. The lowest BCUT2D eigenvalue weighted by molar-refractivity contribution is 0.196. The van der Waals surface area contributed by atoms with E-state index in [0.717, 1.165) is 19.3 Å². The third-order valence-electron chi connectivity index (χ3n) is 2.89. The van der Waals surface area contributed by atoms with Crippen molar-refractivity contribution in [1.29, 1.82) is 0 Å². The molecule has 2 amide bonds. The Morgan fingerprint density at radius 1 is 1.11 bits per heavy atom. The summed E-state index contributed by atoms with van der Waals surface area (Å²) in [4.78, 5) is 11.3. The quantitative estimate of drug-likeness (QED) is 0.708. The van der Waals surface area contributed by atoms with Crippen LogP contribution in [0.25, 0.3) is 0 Å². The van der Waals surface area contributed by atoms with Crippen LogP contribution in [0.1, 0.15) is 24.0 Å². The molecule has 4 nitrogen and oxygen atoms in total. The highest BCUT2D eigenvalue weighted by Crippen LogP contribution is 2.06. The Morgan fingerprint density at radius 3 is 2.47 bits per heavy atom. The van der Waals surface area contributed by atoms with Gasteiger partial charge in [-0.3, -0.25) is 0 Å². The van der Waals surface area contributed by atoms with Crippen LogP contribution in [0.15, 0.2) is 24.3 Å². The normalized spacial score (nSPS) is 10.2. The first-order valence-corrected chi connectivity index (χ1v) is 6.78. The van der Waals surface area contributed by atoms with E-state index in [1.54, 1.807) is 7.11 Å². The van der Waals surface area contributed by atoms with E-state index in [1.807, 2.05) is 0 Å². The van der Waals surface area contributed by atoms with E-state index in [4.69, 9.17) is 4.74 Å². The molecule has 0 aromatic heterocycles. The molecule has 19 heavy (non-hydrogen) atoms. The summed E-state index contributed by atoms with van der Waals surface area (Å²) in [5.74, 6) is 0. The second-order valence-electron chi connectivity index (χ2n) is 4.62. The summed E-state index contributed by atoms with van der Waals surface area (Å²) in [5.41, 5.74) is 2.65. The second-order valence-corrected chi connectivity index (χ2v) is 4.62. The summed E-state index contributed by atoms with van der Waals surface area (Å²) in [6.07, 6.45) is 3.14. The first-order chi connectivity index (χ1) is 9.22. The number of hydrogen-bond donors (Lipinski definition) is 2. The first kappa shape index (κ1) is 15.5. The van der Waals surface area contributed by atoms with Crippen LogP contribution in [0.2, 0.25) is 0 Å². The van der Waals surface area contributed by atoms with Crippen molar-refractivity contribution in [3.8, 4) is 0 Å². The number of carbonyl (C=O) groups is 1. The van der Waals surface area contributed by atoms with Gasteiger partial charge in [-0.25, -0.2) is 4.79 Å². The number of hydrogen-bond acceptors (Lipinski definition) is 2. The number of nitrogens with one attached hydrogen (secondary N) is 2. The largest absolute Gasteiger partial charge is 0.383 e. The van der Waals surface area contributed by atoms with Crippen LogP contribution in [0, 0.1) is 6.92 Å². The van der Waals surface area contributed by atoms with E-state index in [-0.39, 0.29) is 6.03 Å². The predicted octanol–water partition coefficient (Wildman–Crippen LogP) is 2.26. The lowest BCUT2D eigenvalue weighted by atomic mass is 10.1. The lowest BCUT2D eigenvalue weighted by Crippen LogP contribution is -2.37. The molecule has 2 N–H and O–H groups in total. The summed E-state index contributed by atoms with van der Waals surface area (Å²) < 4.78 is 4.85. The molecule has 1 aromatic carbocycles. The standard InChI is InChI=1S/C15H24N2O2/c1-13-6-8-14(9-7-13)5-3-4-10-16-15(18)17-11-12-19-2/h6-9H,3-5,10-12H2,1-2H3,(H2,16,17,18). The minimum absolute atomic E-state index is 0.118. The zero-order valence-corrected chi connectivity index (χ0v) is 11.9. The molecule has 0 bridgehead atoms. The van der Waals surface area contributed by atoms with Crippen LogP contribution < -0.4 is 10.6 Å². The van der Waals surface area contributed by atoms with Crippen LogP contribution in [-0.2, 0) is 11.2 Å². The molecule has 1 aromatic rings. The van der Waals surface area contributed by atoms with Gasteiger partial charge in [-0.15, -0.1) is 0 Å². The van der Waals surface area contributed by atoms with E-state index < -0.39 is 0 Å². The van der Waals surface area contributed by atoms with Gasteiger partial charge in [-0.05, 0) is 31.7 Å². The molecule has 0 heterocycles. The number of unbranched alkanes of at least 4 members (excludes halogenated alkanes) is 1. The third-order valence-corrected chi connectivity index (χ3v) is 2.89. The van der Waals surface area contributed by atoms with Crippen molar-refractivity contribution in [3.05, 3.63) is 35.4 Å². The molecule has 1 rings (SSSR count). The van der Waals surface area contributed by atoms with Gasteiger partial charge < -0.3 is 15.4 Å². The number of amides is 2. The van der Waals surface area contributed by atoms with E-state index in [9.17, 15) is 4.79 Å². The molecular formula is C15H24N2O2. The van der Waals surface area contributed by atoms with Crippen LogP contribution in [0.4, 0.5) is 4.79 Å². The smallest absolute Gasteiger partial charge is 0.314 e. The number of aryl methyl sites for hydroxylation is 2. The Balaban J connectivity index is 2.01. The van der Waals surface area contributed by atoms with Crippen LogP contribution >= 0.6 is 0 Å². The van der Waals surface area contributed by atoms with Gasteiger partial charge in [0.25, 0.3) is 0 Å². The Hall–Kier alpha value is -1.55. The fourth-order valence-electron chi connectivity index (χ4n) is 1.74. The number of carbonyl (C=O) groups excluding carboxylic acids is 1. The summed E-state index contributed by atoms with van der Waals surface area (Å²) in [5, 5.41) is 5.55. The van der Waals surface area contributed by atoms with E-state index >= 15 is 0 Å². The Labute approximate surface area is 115 Å². The lowest BCUT2D eigenvalue weighted by Gasteiger charge is -2.07. The molecule has 0 saturated carbocycles. The van der Waals surface area contributed by atoms with Gasteiger partial charge in [-0.1, -0.05) is 29.8 Å². The summed E-state index contributed by atoms with van der Waals surface area (Å²) in [7, 11) is 1.62. The molecule has 0 radical (unpaired) electrons. The number of rotatable bonds is 8. The number of urea groups is 1. The molecule has 0 atom stereocenters. The Bertz CT molecular complexity index is 363. The molecule has 4 heteroatoms. The molecule has 0 spiro atoms. The fraction of sp³-hybridized carbons (Fsp3) is 0.533. The van der Waals surface area contributed by atoms with E-state index in [0.29, 0.717) is 19.7 Å². The average Bonchev–Trinajstić information content (AvgIpc) is 2.41. The maximum atomic E-state index is 11.3. The fourth-order valence-corrected chi connectivity index (χ4v) is 1.74.